The molecule has 1 aliphatic heterocycles. The number of rotatable bonds is 6. The third kappa shape index (κ3) is 4.20. The van der Waals surface area contributed by atoms with E-state index in [1.807, 2.05) is 35.2 Å². The third-order valence-electron chi connectivity index (χ3n) is 4.12. The van der Waals surface area contributed by atoms with E-state index in [1.54, 1.807) is 6.20 Å². The lowest BCUT2D eigenvalue weighted by Crippen LogP contribution is -2.43. The molecule has 24 heavy (non-hydrogen) atoms. The Morgan fingerprint density at radius 2 is 2.04 bits per heavy atom. The number of thiazole rings is 1. The number of para-hydroxylation sites is 1. The fraction of sp³-hybridized carbons (Fsp3) is 0.444. The highest BCUT2D eigenvalue weighted by Gasteiger charge is 2.21. The van der Waals surface area contributed by atoms with Crippen molar-refractivity contribution in [1.29, 1.82) is 0 Å². The van der Waals surface area contributed by atoms with E-state index < -0.39 is 0 Å². The first kappa shape index (κ1) is 17.1. The SMILES string of the molecule is CCc1ncc(C(=O)N(CCN2CCOCC2)c2ccccc2)s1. The number of hydrogen-bond acceptors (Lipinski definition) is 5. The lowest BCUT2D eigenvalue weighted by Gasteiger charge is -2.30. The van der Waals surface area contributed by atoms with Crippen molar-refractivity contribution >= 4 is 22.9 Å². The molecule has 0 saturated carbocycles. The molecule has 0 N–H and O–H groups in total. The Hall–Kier alpha value is -1.76. The molecule has 5 nitrogen and oxygen atoms in total. The first-order valence-electron chi connectivity index (χ1n) is 8.39. The van der Waals surface area contributed by atoms with Crippen molar-refractivity contribution in [3.8, 4) is 0 Å². The number of carbonyl (C=O) groups excluding carboxylic acids is 1. The van der Waals surface area contributed by atoms with Crippen LogP contribution in [0.25, 0.3) is 0 Å². The topological polar surface area (TPSA) is 45.7 Å². The molecule has 0 radical (unpaired) electrons. The van der Waals surface area contributed by atoms with E-state index >= 15 is 0 Å². The van der Waals surface area contributed by atoms with Crippen molar-refractivity contribution in [3.05, 3.63) is 46.4 Å². The highest BCUT2D eigenvalue weighted by atomic mass is 32.1. The van der Waals surface area contributed by atoms with Crippen LogP contribution in [0.2, 0.25) is 0 Å². The van der Waals surface area contributed by atoms with Gasteiger partial charge in [-0.05, 0) is 18.6 Å². The number of anilines is 1. The Labute approximate surface area is 146 Å². The van der Waals surface area contributed by atoms with Crippen LogP contribution in [-0.2, 0) is 11.2 Å². The lowest BCUT2D eigenvalue weighted by atomic mass is 10.2. The summed E-state index contributed by atoms with van der Waals surface area (Å²) in [5.74, 6) is 0.0339. The van der Waals surface area contributed by atoms with E-state index in [4.69, 9.17) is 4.74 Å². The van der Waals surface area contributed by atoms with Crippen molar-refractivity contribution in [2.45, 2.75) is 13.3 Å². The highest BCUT2D eigenvalue weighted by molar-refractivity contribution is 7.13. The summed E-state index contributed by atoms with van der Waals surface area (Å²) in [6.07, 6.45) is 2.56. The Kier molecular flexibility index (Phi) is 5.96. The zero-order chi connectivity index (χ0) is 16.8. The number of carbonyl (C=O) groups is 1. The number of ether oxygens (including phenoxy) is 1. The number of nitrogens with zero attached hydrogens (tertiary/aromatic N) is 3. The normalized spacial score (nSPS) is 15.4. The van der Waals surface area contributed by atoms with Crippen LogP contribution >= 0.6 is 11.3 Å². The average molecular weight is 345 g/mol. The predicted molar refractivity (Wildman–Crippen MR) is 96.9 cm³/mol. The van der Waals surface area contributed by atoms with Crippen molar-refractivity contribution in [2.75, 3.05) is 44.3 Å². The molecule has 0 atom stereocenters. The van der Waals surface area contributed by atoms with E-state index in [0.717, 1.165) is 50.0 Å². The summed E-state index contributed by atoms with van der Waals surface area (Å²) in [5.41, 5.74) is 0.933. The molecule has 2 aromatic rings. The second-order valence-corrected chi connectivity index (χ2v) is 6.83. The minimum atomic E-state index is 0.0339. The van der Waals surface area contributed by atoms with E-state index in [9.17, 15) is 4.79 Å². The summed E-state index contributed by atoms with van der Waals surface area (Å²) >= 11 is 1.49. The van der Waals surface area contributed by atoms with Gasteiger partial charge in [-0.2, -0.15) is 0 Å². The van der Waals surface area contributed by atoms with Gasteiger partial charge in [-0.15, -0.1) is 11.3 Å². The molecule has 128 valence electrons. The minimum Gasteiger partial charge on any atom is -0.379 e. The van der Waals surface area contributed by atoms with Gasteiger partial charge < -0.3 is 9.64 Å². The van der Waals surface area contributed by atoms with Gasteiger partial charge in [0.05, 0.1) is 24.4 Å². The summed E-state index contributed by atoms with van der Waals surface area (Å²) in [7, 11) is 0. The maximum absolute atomic E-state index is 13.0. The molecular weight excluding hydrogens is 322 g/mol. The second-order valence-electron chi connectivity index (χ2n) is 5.72. The first-order valence-corrected chi connectivity index (χ1v) is 9.21. The van der Waals surface area contributed by atoms with Gasteiger partial charge in [-0.25, -0.2) is 4.98 Å². The van der Waals surface area contributed by atoms with Gasteiger partial charge in [0, 0.05) is 31.9 Å². The number of morpholine rings is 1. The molecule has 0 aliphatic carbocycles. The molecule has 0 bridgehead atoms. The van der Waals surface area contributed by atoms with E-state index in [-0.39, 0.29) is 5.91 Å². The molecule has 6 heteroatoms. The lowest BCUT2D eigenvalue weighted by molar-refractivity contribution is 0.0391. The smallest absolute Gasteiger partial charge is 0.270 e. The summed E-state index contributed by atoms with van der Waals surface area (Å²) in [5, 5.41) is 1.000. The van der Waals surface area contributed by atoms with Gasteiger partial charge in [-0.1, -0.05) is 25.1 Å². The van der Waals surface area contributed by atoms with Gasteiger partial charge in [0.1, 0.15) is 4.88 Å². The zero-order valence-corrected chi connectivity index (χ0v) is 14.8. The van der Waals surface area contributed by atoms with Crippen LogP contribution in [0.5, 0.6) is 0 Å². The quantitative estimate of drug-likeness (QED) is 0.807. The Morgan fingerprint density at radius 3 is 2.71 bits per heavy atom. The Balaban J connectivity index is 1.75. The van der Waals surface area contributed by atoms with Crippen molar-refractivity contribution in [2.24, 2.45) is 0 Å². The van der Waals surface area contributed by atoms with Crippen LogP contribution in [0.3, 0.4) is 0 Å². The van der Waals surface area contributed by atoms with Crippen molar-refractivity contribution in [1.82, 2.24) is 9.88 Å². The fourth-order valence-corrected chi connectivity index (χ4v) is 3.53. The third-order valence-corrected chi connectivity index (χ3v) is 5.25. The van der Waals surface area contributed by atoms with E-state index in [2.05, 4.69) is 16.8 Å². The summed E-state index contributed by atoms with van der Waals surface area (Å²) in [4.78, 5) is 22.2. The second kappa shape index (κ2) is 8.37. The monoisotopic (exact) mass is 345 g/mol. The number of amides is 1. The molecule has 0 spiro atoms. The molecule has 1 amide bonds. The summed E-state index contributed by atoms with van der Waals surface area (Å²) in [6, 6.07) is 9.87. The first-order chi connectivity index (χ1) is 11.8. The number of aromatic nitrogens is 1. The highest BCUT2D eigenvalue weighted by Crippen LogP contribution is 2.21. The van der Waals surface area contributed by atoms with Crippen LogP contribution in [0.1, 0.15) is 21.6 Å². The van der Waals surface area contributed by atoms with Crippen LogP contribution in [0, 0.1) is 0 Å². The number of benzene rings is 1. The average Bonchev–Trinajstić information content (AvgIpc) is 3.13. The van der Waals surface area contributed by atoms with Crippen LogP contribution in [0.15, 0.2) is 36.5 Å². The molecular formula is C18H23N3O2S. The van der Waals surface area contributed by atoms with Gasteiger partial charge in [0.2, 0.25) is 0 Å². The van der Waals surface area contributed by atoms with Gasteiger partial charge in [0.25, 0.3) is 5.91 Å². The van der Waals surface area contributed by atoms with Crippen LogP contribution in [-0.4, -0.2) is 55.2 Å². The number of aryl methyl sites for hydroxylation is 1. The van der Waals surface area contributed by atoms with Gasteiger partial charge >= 0.3 is 0 Å². The molecule has 1 aliphatic rings. The van der Waals surface area contributed by atoms with Gasteiger partial charge in [-0.3, -0.25) is 9.69 Å². The summed E-state index contributed by atoms with van der Waals surface area (Å²) < 4.78 is 5.39. The number of hydrogen-bond donors (Lipinski definition) is 0. The van der Waals surface area contributed by atoms with E-state index in [0.29, 0.717) is 11.4 Å². The van der Waals surface area contributed by atoms with Crippen molar-refractivity contribution < 1.29 is 9.53 Å². The molecule has 1 fully saturated rings. The van der Waals surface area contributed by atoms with Crippen LogP contribution < -0.4 is 4.90 Å². The van der Waals surface area contributed by atoms with Crippen molar-refractivity contribution in [3.63, 3.8) is 0 Å². The molecule has 3 rings (SSSR count). The van der Waals surface area contributed by atoms with E-state index in [1.165, 1.54) is 11.3 Å². The Morgan fingerprint density at radius 1 is 1.29 bits per heavy atom. The molecule has 0 unspecified atom stereocenters. The Bertz CT molecular complexity index is 653. The molecule has 1 aromatic carbocycles. The standard InChI is InChI=1S/C18H23N3O2S/c1-2-17-19-14-16(24-17)18(22)21(15-6-4-3-5-7-15)9-8-20-10-12-23-13-11-20/h3-7,14H,2,8-13H2,1H3. The maximum atomic E-state index is 13.0. The zero-order valence-electron chi connectivity index (χ0n) is 14.0. The molecule has 2 heterocycles. The molecule has 1 aromatic heterocycles. The maximum Gasteiger partial charge on any atom is 0.270 e. The molecule has 1 saturated heterocycles. The largest absolute Gasteiger partial charge is 0.379 e. The fourth-order valence-electron chi connectivity index (χ4n) is 2.73. The van der Waals surface area contributed by atoms with Crippen LogP contribution in [0.4, 0.5) is 5.69 Å². The minimum absolute atomic E-state index is 0.0339. The predicted octanol–water partition coefficient (Wildman–Crippen LogP) is 2.68. The summed E-state index contributed by atoms with van der Waals surface area (Å²) in [6.45, 7) is 6.98. The van der Waals surface area contributed by atoms with Gasteiger partial charge in [0.15, 0.2) is 0 Å².